The molecule has 0 fully saturated rings. The molecule has 220 valence electrons. The molecule has 0 aliphatic carbocycles. The zero-order chi connectivity index (χ0) is 30.1. The summed E-state index contributed by atoms with van der Waals surface area (Å²) in [6.07, 6.45) is -0.625. The van der Waals surface area contributed by atoms with Crippen molar-refractivity contribution < 1.29 is 50.9 Å². The third-order valence-electron chi connectivity index (χ3n) is 5.40. The number of aliphatic carboxylic acids is 2. The van der Waals surface area contributed by atoms with Crippen LogP contribution in [0.2, 0.25) is 0 Å². The minimum atomic E-state index is -5.08. The van der Waals surface area contributed by atoms with Crippen LogP contribution in [0.25, 0.3) is 0 Å². The Hall–Kier alpha value is -3.99. The summed E-state index contributed by atoms with van der Waals surface area (Å²) >= 11 is 0. The number of rotatable bonds is 6. The van der Waals surface area contributed by atoms with Gasteiger partial charge in [0.2, 0.25) is 0 Å². The maximum absolute atomic E-state index is 10.6. The lowest BCUT2D eigenvalue weighted by Gasteiger charge is -2.34. The largest absolute Gasteiger partial charge is 0.490 e. The fraction of sp³-hybridized carbons (Fsp3) is 0.435. The molecule has 0 aromatic carbocycles. The number of aryl methyl sites for hydroxylation is 1. The minimum Gasteiger partial charge on any atom is -0.475 e. The van der Waals surface area contributed by atoms with Gasteiger partial charge in [-0.1, -0.05) is 0 Å². The molecule has 4 heterocycles. The highest BCUT2D eigenvalue weighted by atomic mass is 19.4. The van der Waals surface area contributed by atoms with E-state index in [1.54, 1.807) is 12.4 Å². The predicted molar refractivity (Wildman–Crippen MR) is 124 cm³/mol. The number of halogens is 6. The molecule has 0 radical (unpaired) electrons. The van der Waals surface area contributed by atoms with E-state index in [-0.39, 0.29) is 6.04 Å². The molecule has 0 saturated heterocycles. The maximum Gasteiger partial charge on any atom is 0.490 e. The summed E-state index contributed by atoms with van der Waals surface area (Å²) in [5.41, 5.74) is 3.51. The summed E-state index contributed by atoms with van der Waals surface area (Å²) in [4.78, 5) is 28.9. The molecule has 1 aliphatic rings. The molecule has 3 aromatic rings. The van der Waals surface area contributed by atoms with E-state index >= 15 is 0 Å². The molecular weight excluding hydrogens is 554 g/mol. The Balaban J connectivity index is 0.000000333. The van der Waals surface area contributed by atoms with E-state index in [2.05, 4.69) is 37.7 Å². The molecule has 1 aliphatic heterocycles. The molecule has 0 spiro atoms. The zero-order valence-electron chi connectivity index (χ0n) is 21.2. The Bertz CT molecular complexity index is 1220. The predicted octanol–water partition coefficient (Wildman–Crippen LogP) is 3.57. The van der Waals surface area contributed by atoms with Gasteiger partial charge in [-0.15, -0.1) is 0 Å². The highest BCUT2D eigenvalue weighted by Crippen LogP contribution is 2.27. The number of carboxylic acids is 2. The van der Waals surface area contributed by atoms with Crippen molar-refractivity contribution in [1.82, 2.24) is 29.2 Å². The molecule has 0 saturated carbocycles. The number of pyridine rings is 1. The number of hydrogen-bond acceptors (Lipinski definition) is 7. The number of imidazole rings is 1. The molecule has 40 heavy (non-hydrogen) atoms. The maximum atomic E-state index is 10.6. The molecule has 0 bridgehead atoms. The van der Waals surface area contributed by atoms with Crippen molar-refractivity contribution in [3.63, 3.8) is 0 Å². The number of hydrogen-bond donors (Lipinski definition) is 2. The van der Waals surface area contributed by atoms with Crippen molar-refractivity contribution >= 4 is 11.9 Å². The van der Waals surface area contributed by atoms with Gasteiger partial charge in [0.15, 0.2) is 0 Å². The second kappa shape index (κ2) is 13.9. The molecule has 0 amide bonds. The normalized spacial score (nSPS) is 15.2. The molecule has 2 N–H and O–H groups in total. The van der Waals surface area contributed by atoms with E-state index in [1.165, 1.54) is 5.56 Å². The molecular formula is C23H26F6N6O5. The van der Waals surface area contributed by atoms with Crippen LogP contribution < -0.4 is 0 Å². The van der Waals surface area contributed by atoms with Gasteiger partial charge in [-0.05, 0) is 24.6 Å². The van der Waals surface area contributed by atoms with Crippen LogP contribution in [0, 0.1) is 0 Å². The topological polar surface area (TPSA) is 136 Å². The lowest BCUT2D eigenvalue weighted by molar-refractivity contribution is -0.193. The van der Waals surface area contributed by atoms with Gasteiger partial charge in [0, 0.05) is 50.8 Å². The van der Waals surface area contributed by atoms with Gasteiger partial charge in [-0.25, -0.2) is 14.6 Å². The Kier molecular flexibility index (Phi) is 11.2. The Labute approximate surface area is 223 Å². The van der Waals surface area contributed by atoms with E-state index < -0.39 is 24.3 Å². The Morgan fingerprint density at radius 2 is 1.55 bits per heavy atom. The smallest absolute Gasteiger partial charge is 0.475 e. The zero-order valence-corrected chi connectivity index (χ0v) is 21.2. The number of aromatic nitrogens is 5. The molecule has 4 rings (SSSR count). The van der Waals surface area contributed by atoms with Gasteiger partial charge in [0.1, 0.15) is 5.82 Å². The van der Waals surface area contributed by atoms with Crippen LogP contribution in [-0.4, -0.2) is 70.3 Å². The van der Waals surface area contributed by atoms with Crippen LogP contribution in [0.15, 0.2) is 43.1 Å². The quantitative estimate of drug-likeness (QED) is 0.420. The SMILES string of the molecule is CC1c2ncc(COCc3ccncc3)n2CCN1Cc1cnn(C)c1.O=C(O)C(F)(F)F.O=C(O)C(F)(F)F. The summed E-state index contributed by atoms with van der Waals surface area (Å²) < 4.78 is 73.5. The van der Waals surface area contributed by atoms with Crippen LogP contribution in [-0.2, 0) is 47.7 Å². The molecule has 1 atom stereocenters. The molecule has 17 heteroatoms. The summed E-state index contributed by atoms with van der Waals surface area (Å²) in [6.45, 7) is 6.22. The van der Waals surface area contributed by atoms with Crippen LogP contribution in [0.5, 0.6) is 0 Å². The van der Waals surface area contributed by atoms with Crippen molar-refractivity contribution in [2.45, 2.75) is 51.6 Å². The average molecular weight is 580 g/mol. The van der Waals surface area contributed by atoms with Crippen LogP contribution in [0.3, 0.4) is 0 Å². The number of ether oxygens (including phenoxy) is 1. The van der Waals surface area contributed by atoms with Crippen LogP contribution >= 0.6 is 0 Å². The molecule has 3 aromatic heterocycles. The average Bonchev–Trinajstić information content (AvgIpc) is 3.47. The van der Waals surface area contributed by atoms with Gasteiger partial charge >= 0.3 is 24.3 Å². The monoisotopic (exact) mass is 580 g/mol. The number of alkyl halides is 6. The van der Waals surface area contributed by atoms with Gasteiger partial charge in [-0.2, -0.15) is 31.4 Å². The van der Waals surface area contributed by atoms with E-state index in [1.807, 2.05) is 36.3 Å². The van der Waals surface area contributed by atoms with Gasteiger partial charge in [0.05, 0.1) is 37.3 Å². The van der Waals surface area contributed by atoms with Crippen molar-refractivity contribution in [3.05, 3.63) is 65.8 Å². The lowest BCUT2D eigenvalue weighted by Crippen LogP contribution is -2.37. The molecule has 11 nitrogen and oxygen atoms in total. The summed E-state index contributed by atoms with van der Waals surface area (Å²) in [5.74, 6) is -4.40. The first-order chi connectivity index (χ1) is 18.6. The minimum absolute atomic E-state index is 0.276. The van der Waals surface area contributed by atoms with Crippen molar-refractivity contribution in [3.8, 4) is 0 Å². The first-order valence-electron chi connectivity index (χ1n) is 11.4. The van der Waals surface area contributed by atoms with E-state index in [0.29, 0.717) is 13.2 Å². The third kappa shape index (κ3) is 9.96. The first-order valence-corrected chi connectivity index (χ1v) is 11.4. The number of nitrogens with zero attached hydrogens (tertiary/aromatic N) is 6. The van der Waals surface area contributed by atoms with Crippen molar-refractivity contribution in [2.24, 2.45) is 7.05 Å². The highest BCUT2D eigenvalue weighted by Gasteiger charge is 2.38. The Morgan fingerprint density at radius 3 is 2.05 bits per heavy atom. The summed E-state index contributed by atoms with van der Waals surface area (Å²) in [7, 11) is 1.95. The standard InChI is InChI=1S/C19H24N6O.2C2HF3O2/c1-15-19-21-10-18(14-26-13-16-3-5-20-6-4-16)25(19)8-7-24(15)12-17-9-22-23(2)11-17;2*3-2(4,5)1(6)7/h3-6,9-11,15H,7-8,12-14H2,1-2H3;2*(H,6,7). The fourth-order valence-corrected chi connectivity index (χ4v) is 3.48. The lowest BCUT2D eigenvalue weighted by atomic mass is 10.2. The second-order valence-corrected chi connectivity index (χ2v) is 8.38. The number of carboxylic acid groups (broad SMARTS) is 2. The van der Waals surface area contributed by atoms with E-state index in [9.17, 15) is 26.3 Å². The van der Waals surface area contributed by atoms with E-state index in [0.717, 1.165) is 36.7 Å². The highest BCUT2D eigenvalue weighted by molar-refractivity contribution is 5.73. The summed E-state index contributed by atoms with van der Waals surface area (Å²) in [5, 5.41) is 18.5. The fourth-order valence-electron chi connectivity index (χ4n) is 3.48. The second-order valence-electron chi connectivity index (χ2n) is 8.38. The van der Waals surface area contributed by atoms with Gasteiger partial charge < -0.3 is 19.5 Å². The van der Waals surface area contributed by atoms with E-state index in [4.69, 9.17) is 24.5 Å². The van der Waals surface area contributed by atoms with Crippen LogP contribution in [0.4, 0.5) is 26.3 Å². The Morgan fingerprint density at radius 1 is 0.975 bits per heavy atom. The van der Waals surface area contributed by atoms with Crippen molar-refractivity contribution in [2.75, 3.05) is 6.54 Å². The third-order valence-corrected chi connectivity index (χ3v) is 5.40. The number of carbonyl (C=O) groups is 2. The van der Waals surface area contributed by atoms with Gasteiger partial charge in [0.25, 0.3) is 0 Å². The van der Waals surface area contributed by atoms with Crippen molar-refractivity contribution in [1.29, 1.82) is 0 Å². The number of fused-ring (bicyclic) bond motifs is 1. The first kappa shape index (κ1) is 32.2. The van der Waals surface area contributed by atoms with Crippen LogP contribution in [0.1, 0.15) is 35.6 Å². The van der Waals surface area contributed by atoms with Gasteiger partial charge in [-0.3, -0.25) is 14.6 Å². The molecule has 1 unspecified atom stereocenters. The summed E-state index contributed by atoms with van der Waals surface area (Å²) in [6, 6.07) is 4.23.